The van der Waals surface area contributed by atoms with Crippen molar-refractivity contribution in [3.05, 3.63) is 35.0 Å². The first kappa shape index (κ1) is 10.6. The van der Waals surface area contributed by atoms with Crippen LogP contribution in [0.2, 0.25) is 0 Å². The predicted octanol–water partition coefficient (Wildman–Crippen LogP) is 1.17. The van der Waals surface area contributed by atoms with E-state index in [0.29, 0.717) is 17.2 Å². The number of nitrogens with zero attached hydrogens (tertiary/aromatic N) is 1. The minimum Gasteiger partial charge on any atom is -0.496 e. The molecule has 6 nitrogen and oxygen atoms in total. The van der Waals surface area contributed by atoms with Gasteiger partial charge in [0.2, 0.25) is 6.79 Å². The summed E-state index contributed by atoms with van der Waals surface area (Å²) in [5.41, 5.74) is 1.13. The standard InChI is InChI=1S/C12H10N2O4/c1-16-9-3-11-10(17-6-18-11)2-8(9)7-4-13-12(15)14-5-7/h2-5H,6H2,1H3,(H,13,14,15). The Morgan fingerprint density at radius 1 is 1.33 bits per heavy atom. The number of aromatic nitrogens is 2. The van der Waals surface area contributed by atoms with Gasteiger partial charge < -0.3 is 19.2 Å². The third-order valence-electron chi connectivity index (χ3n) is 2.68. The Balaban J connectivity index is 2.16. The second-order valence-electron chi connectivity index (χ2n) is 3.71. The highest BCUT2D eigenvalue weighted by molar-refractivity contribution is 5.73. The summed E-state index contributed by atoms with van der Waals surface area (Å²) in [6.45, 7) is 0.200. The Morgan fingerprint density at radius 2 is 2.11 bits per heavy atom. The molecule has 0 radical (unpaired) electrons. The molecule has 0 unspecified atom stereocenters. The average molecular weight is 246 g/mol. The van der Waals surface area contributed by atoms with Gasteiger partial charge in [-0.3, -0.25) is 0 Å². The van der Waals surface area contributed by atoms with E-state index in [1.807, 2.05) is 0 Å². The van der Waals surface area contributed by atoms with Gasteiger partial charge in [0.05, 0.1) is 7.11 Å². The topological polar surface area (TPSA) is 73.4 Å². The Labute approximate surface area is 102 Å². The lowest BCUT2D eigenvalue weighted by Gasteiger charge is -2.09. The molecule has 18 heavy (non-hydrogen) atoms. The Hall–Kier alpha value is -2.50. The molecule has 0 atom stereocenters. The smallest absolute Gasteiger partial charge is 0.344 e. The van der Waals surface area contributed by atoms with Crippen LogP contribution in [0, 0.1) is 0 Å². The number of methoxy groups -OCH3 is 1. The van der Waals surface area contributed by atoms with Gasteiger partial charge in [-0.1, -0.05) is 0 Å². The van der Waals surface area contributed by atoms with E-state index in [4.69, 9.17) is 14.2 Å². The molecule has 2 aromatic rings. The van der Waals surface area contributed by atoms with E-state index in [-0.39, 0.29) is 6.79 Å². The van der Waals surface area contributed by atoms with Gasteiger partial charge in [-0.15, -0.1) is 0 Å². The van der Waals surface area contributed by atoms with Gasteiger partial charge in [-0.05, 0) is 6.07 Å². The molecule has 0 saturated carbocycles. The maximum Gasteiger partial charge on any atom is 0.344 e. The lowest BCUT2D eigenvalue weighted by Crippen LogP contribution is -2.08. The summed E-state index contributed by atoms with van der Waals surface area (Å²) in [7, 11) is 1.57. The van der Waals surface area contributed by atoms with Crippen molar-refractivity contribution in [3.63, 3.8) is 0 Å². The van der Waals surface area contributed by atoms with Crippen molar-refractivity contribution in [3.8, 4) is 28.4 Å². The van der Waals surface area contributed by atoms with Crippen molar-refractivity contribution < 1.29 is 14.2 Å². The van der Waals surface area contributed by atoms with Crippen molar-refractivity contribution in [1.29, 1.82) is 0 Å². The molecule has 1 aliphatic rings. The van der Waals surface area contributed by atoms with Crippen molar-refractivity contribution in [2.24, 2.45) is 0 Å². The van der Waals surface area contributed by atoms with E-state index in [0.717, 1.165) is 11.1 Å². The first-order valence-corrected chi connectivity index (χ1v) is 5.30. The fraction of sp³-hybridized carbons (Fsp3) is 0.167. The number of aromatic amines is 1. The largest absolute Gasteiger partial charge is 0.496 e. The van der Waals surface area contributed by atoms with Crippen molar-refractivity contribution in [1.82, 2.24) is 9.97 Å². The number of H-pyrrole nitrogens is 1. The van der Waals surface area contributed by atoms with Crippen LogP contribution in [0.5, 0.6) is 17.2 Å². The van der Waals surface area contributed by atoms with Crippen LogP contribution in [0.1, 0.15) is 0 Å². The van der Waals surface area contributed by atoms with Crippen LogP contribution in [-0.4, -0.2) is 23.9 Å². The van der Waals surface area contributed by atoms with E-state index >= 15 is 0 Å². The number of nitrogens with one attached hydrogen (secondary N) is 1. The zero-order valence-electron chi connectivity index (χ0n) is 9.60. The van der Waals surface area contributed by atoms with Gasteiger partial charge in [-0.25, -0.2) is 9.78 Å². The molecule has 6 heteroatoms. The van der Waals surface area contributed by atoms with Crippen LogP contribution in [0.15, 0.2) is 29.3 Å². The molecule has 1 aliphatic heterocycles. The SMILES string of the molecule is COc1cc2c(cc1-c1cnc(=O)[nH]c1)OCO2. The van der Waals surface area contributed by atoms with Crippen LogP contribution >= 0.6 is 0 Å². The number of ether oxygens (including phenoxy) is 3. The van der Waals surface area contributed by atoms with Crippen molar-refractivity contribution >= 4 is 0 Å². The quantitative estimate of drug-likeness (QED) is 0.861. The van der Waals surface area contributed by atoms with E-state index in [1.54, 1.807) is 25.4 Å². The molecule has 2 heterocycles. The van der Waals surface area contributed by atoms with E-state index in [9.17, 15) is 4.79 Å². The summed E-state index contributed by atoms with van der Waals surface area (Å²) in [6.07, 6.45) is 3.06. The zero-order chi connectivity index (χ0) is 12.5. The second kappa shape index (κ2) is 4.06. The molecule has 0 saturated heterocycles. The van der Waals surface area contributed by atoms with Crippen LogP contribution < -0.4 is 19.9 Å². The average Bonchev–Trinajstić information content (AvgIpc) is 2.85. The fourth-order valence-corrected chi connectivity index (χ4v) is 1.81. The molecule has 1 N–H and O–H groups in total. The summed E-state index contributed by atoms with van der Waals surface area (Å²) in [5.74, 6) is 1.93. The van der Waals surface area contributed by atoms with Crippen LogP contribution in [0.3, 0.4) is 0 Å². The van der Waals surface area contributed by atoms with Gasteiger partial charge >= 0.3 is 5.69 Å². The van der Waals surface area contributed by atoms with E-state index in [1.165, 1.54) is 6.20 Å². The van der Waals surface area contributed by atoms with Gasteiger partial charge in [0.25, 0.3) is 0 Å². The summed E-state index contributed by atoms with van der Waals surface area (Å²) in [4.78, 5) is 17.2. The third-order valence-corrected chi connectivity index (χ3v) is 2.68. The van der Waals surface area contributed by atoms with Crippen LogP contribution in [-0.2, 0) is 0 Å². The molecule has 3 rings (SSSR count). The lowest BCUT2D eigenvalue weighted by atomic mass is 10.1. The van der Waals surface area contributed by atoms with E-state index in [2.05, 4.69) is 9.97 Å². The molecule has 0 aliphatic carbocycles. The molecule has 1 aromatic heterocycles. The second-order valence-corrected chi connectivity index (χ2v) is 3.71. The summed E-state index contributed by atoms with van der Waals surface area (Å²) in [6, 6.07) is 3.55. The first-order chi connectivity index (χ1) is 8.78. The Morgan fingerprint density at radius 3 is 2.78 bits per heavy atom. The highest BCUT2D eigenvalue weighted by atomic mass is 16.7. The maximum atomic E-state index is 11.0. The third kappa shape index (κ3) is 1.67. The van der Waals surface area contributed by atoms with Crippen molar-refractivity contribution in [2.45, 2.75) is 0 Å². The normalized spacial score (nSPS) is 12.5. The molecule has 0 bridgehead atoms. The minimum absolute atomic E-state index is 0.200. The number of hydrogen-bond donors (Lipinski definition) is 1. The maximum absolute atomic E-state index is 11.0. The summed E-state index contributed by atoms with van der Waals surface area (Å²) < 4.78 is 15.9. The van der Waals surface area contributed by atoms with Gasteiger partial charge in [0.15, 0.2) is 11.5 Å². The van der Waals surface area contributed by atoms with Crippen molar-refractivity contribution in [2.75, 3.05) is 13.9 Å². The zero-order valence-corrected chi connectivity index (χ0v) is 9.60. The number of rotatable bonds is 2. The molecule has 0 fully saturated rings. The first-order valence-electron chi connectivity index (χ1n) is 5.30. The molecular weight excluding hydrogens is 236 g/mol. The fourth-order valence-electron chi connectivity index (χ4n) is 1.81. The van der Waals surface area contributed by atoms with E-state index < -0.39 is 5.69 Å². The summed E-state index contributed by atoms with van der Waals surface area (Å²) >= 11 is 0. The van der Waals surface area contributed by atoms with Gasteiger partial charge in [0.1, 0.15) is 5.75 Å². The Kier molecular flexibility index (Phi) is 2.40. The molecular formula is C12H10N2O4. The number of hydrogen-bond acceptors (Lipinski definition) is 5. The number of benzene rings is 1. The van der Waals surface area contributed by atoms with Gasteiger partial charge in [0, 0.05) is 29.6 Å². The predicted molar refractivity (Wildman–Crippen MR) is 63.0 cm³/mol. The molecule has 1 aromatic carbocycles. The monoisotopic (exact) mass is 246 g/mol. The highest BCUT2D eigenvalue weighted by Gasteiger charge is 2.18. The van der Waals surface area contributed by atoms with Crippen LogP contribution in [0.25, 0.3) is 11.1 Å². The lowest BCUT2D eigenvalue weighted by molar-refractivity contribution is 0.174. The molecule has 0 spiro atoms. The van der Waals surface area contributed by atoms with Crippen LogP contribution in [0.4, 0.5) is 0 Å². The summed E-state index contributed by atoms with van der Waals surface area (Å²) in [5, 5.41) is 0. The van der Waals surface area contributed by atoms with Gasteiger partial charge in [-0.2, -0.15) is 0 Å². The molecule has 0 amide bonds. The molecule has 92 valence electrons. The highest BCUT2D eigenvalue weighted by Crippen LogP contribution is 2.41. The minimum atomic E-state index is -0.390. The Bertz CT molecular complexity index is 631. The number of fused-ring (bicyclic) bond motifs is 1.